The summed E-state index contributed by atoms with van der Waals surface area (Å²) in [7, 11) is 1.65. The van der Waals surface area contributed by atoms with Crippen LogP contribution in [0.5, 0.6) is 17.2 Å². The number of allylic oxidation sites excluding steroid dienone is 2. The number of Topliss-reactive ketones (excluding diaryl/α,β-unsaturated/α-hetero) is 1. The number of nitrogens with zero attached hydrogens (tertiary/aromatic N) is 1. The monoisotopic (exact) mass is 483 g/mol. The molecule has 0 aromatic heterocycles. The van der Waals surface area contributed by atoms with Crippen LogP contribution in [0.3, 0.4) is 0 Å². The van der Waals surface area contributed by atoms with Crippen molar-refractivity contribution in [3.05, 3.63) is 89.0 Å². The van der Waals surface area contributed by atoms with E-state index in [4.69, 9.17) is 9.47 Å². The van der Waals surface area contributed by atoms with E-state index in [9.17, 15) is 9.90 Å². The first-order valence-electron chi connectivity index (χ1n) is 12.8. The van der Waals surface area contributed by atoms with E-state index in [-0.39, 0.29) is 11.5 Å². The number of rotatable bonds is 8. The molecule has 5 heteroatoms. The molecule has 1 heterocycles. The zero-order valence-corrected chi connectivity index (χ0v) is 20.8. The van der Waals surface area contributed by atoms with Crippen molar-refractivity contribution < 1.29 is 19.4 Å². The molecule has 3 aromatic rings. The highest BCUT2D eigenvalue weighted by molar-refractivity contribution is 6.35. The Morgan fingerprint density at radius 3 is 2.44 bits per heavy atom. The lowest BCUT2D eigenvalue weighted by Crippen LogP contribution is -2.33. The molecule has 1 aliphatic carbocycles. The van der Waals surface area contributed by atoms with Gasteiger partial charge in [-0.05, 0) is 110 Å². The molecule has 0 saturated carbocycles. The summed E-state index contributed by atoms with van der Waals surface area (Å²) >= 11 is 0. The van der Waals surface area contributed by atoms with Gasteiger partial charge < -0.3 is 14.6 Å². The van der Waals surface area contributed by atoms with E-state index in [2.05, 4.69) is 4.90 Å². The number of benzene rings is 3. The average Bonchev–Trinajstić information content (AvgIpc) is 2.92. The first-order valence-corrected chi connectivity index (χ1v) is 12.8. The Kier molecular flexibility index (Phi) is 7.38. The number of phenolic OH excluding ortho intramolecular Hbond substituents is 1. The van der Waals surface area contributed by atoms with Gasteiger partial charge in [0.15, 0.2) is 5.78 Å². The van der Waals surface area contributed by atoms with Crippen molar-refractivity contribution in [3.63, 3.8) is 0 Å². The van der Waals surface area contributed by atoms with Crippen molar-refractivity contribution in [2.75, 3.05) is 33.4 Å². The smallest absolute Gasteiger partial charge is 0.193 e. The lowest BCUT2D eigenvalue weighted by Gasteiger charge is -2.26. The first kappa shape index (κ1) is 24.1. The van der Waals surface area contributed by atoms with E-state index in [1.807, 2.05) is 54.6 Å². The maximum absolute atomic E-state index is 13.9. The molecule has 0 spiro atoms. The Hall–Kier alpha value is -3.57. The molecule has 1 saturated heterocycles. The summed E-state index contributed by atoms with van der Waals surface area (Å²) < 4.78 is 11.4. The van der Waals surface area contributed by atoms with Gasteiger partial charge in [0.05, 0.1) is 7.11 Å². The van der Waals surface area contributed by atoms with Crippen molar-refractivity contribution in [1.82, 2.24) is 4.90 Å². The zero-order valence-electron chi connectivity index (χ0n) is 20.8. The van der Waals surface area contributed by atoms with Crippen LogP contribution in [0.2, 0.25) is 0 Å². The summed E-state index contributed by atoms with van der Waals surface area (Å²) in [5.74, 6) is 1.73. The van der Waals surface area contributed by atoms with Gasteiger partial charge in [0, 0.05) is 17.7 Å². The molecule has 3 aromatic carbocycles. The highest BCUT2D eigenvalue weighted by Gasteiger charge is 2.26. The Labute approximate surface area is 213 Å². The number of hydrogen-bond acceptors (Lipinski definition) is 5. The molecule has 2 aliphatic rings. The van der Waals surface area contributed by atoms with E-state index in [1.54, 1.807) is 19.2 Å². The molecule has 1 N–H and O–H groups in total. The summed E-state index contributed by atoms with van der Waals surface area (Å²) in [5.41, 5.74) is 5.15. The van der Waals surface area contributed by atoms with Gasteiger partial charge in [0.2, 0.25) is 0 Å². The highest BCUT2D eigenvalue weighted by Crippen LogP contribution is 2.40. The van der Waals surface area contributed by atoms with Crippen LogP contribution in [-0.4, -0.2) is 49.1 Å². The first-order chi connectivity index (χ1) is 17.6. The van der Waals surface area contributed by atoms with Crippen molar-refractivity contribution in [1.29, 1.82) is 0 Å². The summed E-state index contributed by atoms with van der Waals surface area (Å²) in [4.78, 5) is 16.4. The Morgan fingerprint density at radius 2 is 1.69 bits per heavy atom. The molecule has 0 radical (unpaired) electrons. The molecular weight excluding hydrogens is 450 g/mol. The number of likely N-dealkylation sites (tertiary alicyclic amines) is 1. The number of aromatic hydroxyl groups is 1. The lowest BCUT2D eigenvalue weighted by molar-refractivity contribution is 0.105. The van der Waals surface area contributed by atoms with E-state index >= 15 is 0 Å². The van der Waals surface area contributed by atoms with Crippen LogP contribution in [0.1, 0.15) is 52.7 Å². The minimum atomic E-state index is -0.0284. The minimum absolute atomic E-state index is 0.0284. The normalized spacial score (nSPS) is 15.9. The molecule has 186 valence electrons. The molecule has 0 bridgehead atoms. The maximum atomic E-state index is 13.9. The highest BCUT2D eigenvalue weighted by atomic mass is 16.5. The zero-order chi connectivity index (χ0) is 24.9. The third-order valence-electron chi connectivity index (χ3n) is 7.19. The number of piperidine rings is 1. The van der Waals surface area contributed by atoms with Crippen LogP contribution in [-0.2, 0) is 6.42 Å². The van der Waals surface area contributed by atoms with E-state index in [1.165, 1.54) is 19.3 Å². The molecule has 0 amide bonds. The third-order valence-corrected chi connectivity index (χ3v) is 7.19. The topological polar surface area (TPSA) is 59.0 Å². The number of carbonyl (C=O) groups is 1. The van der Waals surface area contributed by atoms with Crippen LogP contribution >= 0.6 is 0 Å². The van der Waals surface area contributed by atoms with E-state index in [0.717, 1.165) is 59.8 Å². The predicted octanol–water partition coefficient (Wildman–Crippen LogP) is 6.01. The van der Waals surface area contributed by atoms with Gasteiger partial charge in [-0.25, -0.2) is 0 Å². The van der Waals surface area contributed by atoms with Gasteiger partial charge in [-0.1, -0.05) is 24.6 Å². The minimum Gasteiger partial charge on any atom is -0.508 e. The molecule has 5 rings (SSSR count). The predicted molar refractivity (Wildman–Crippen MR) is 143 cm³/mol. The van der Waals surface area contributed by atoms with Gasteiger partial charge in [0.1, 0.15) is 23.9 Å². The Balaban J connectivity index is 1.41. The largest absolute Gasteiger partial charge is 0.508 e. The number of carbonyl (C=O) groups excluding carboxylic acids is 1. The summed E-state index contributed by atoms with van der Waals surface area (Å²) in [5, 5.41) is 10.1. The number of aryl methyl sites for hydroxylation is 1. The molecule has 1 aliphatic heterocycles. The second-order valence-electron chi connectivity index (χ2n) is 9.53. The van der Waals surface area contributed by atoms with Gasteiger partial charge in [0.25, 0.3) is 0 Å². The van der Waals surface area contributed by atoms with Crippen LogP contribution in [0.15, 0.2) is 66.7 Å². The summed E-state index contributed by atoms with van der Waals surface area (Å²) in [6.07, 6.45) is 5.38. The van der Waals surface area contributed by atoms with Crippen molar-refractivity contribution >= 4 is 16.9 Å². The van der Waals surface area contributed by atoms with Crippen molar-refractivity contribution in [2.24, 2.45) is 0 Å². The van der Waals surface area contributed by atoms with Crippen LogP contribution in [0, 0.1) is 0 Å². The number of ketones is 1. The second-order valence-corrected chi connectivity index (χ2v) is 9.53. The fourth-order valence-corrected chi connectivity index (χ4v) is 5.26. The molecule has 0 unspecified atom stereocenters. The number of hydrogen-bond donors (Lipinski definition) is 1. The quantitative estimate of drug-likeness (QED) is 0.398. The van der Waals surface area contributed by atoms with Crippen molar-refractivity contribution in [3.8, 4) is 17.2 Å². The molecule has 5 nitrogen and oxygen atoms in total. The maximum Gasteiger partial charge on any atom is 0.193 e. The standard InChI is InChI=1S/C31H33NO4/c1-35-27-13-15-29-24(21-27)10-14-28(23-6-5-7-25(33)20-23)30(29)31(34)22-8-11-26(12-9-22)36-19-18-32-16-3-2-4-17-32/h5-9,11-13,15,20-21,33H,2-4,10,14,16-19H2,1H3. The Bertz CT molecular complexity index is 1260. The van der Waals surface area contributed by atoms with E-state index < -0.39 is 0 Å². The SMILES string of the molecule is COc1ccc2c(c1)CCC(c1cccc(O)c1)=C2C(=O)c1ccc(OCCN2CCCCC2)cc1. The van der Waals surface area contributed by atoms with Crippen LogP contribution in [0.4, 0.5) is 0 Å². The lowest BCUT2D eigenvalue weighted by atomic mass is 9.79. The van der Waals surface area contributed by atoms with Gasteiger partial charge >= 0.3 is 0 Å². The van der Waals surface area contributed by atoms with Crippen LogP contribution in [0.25, 0.3) is 11.1 Å². The summed E-state index contributed by atoms with van der Waals surface area (Å²) in [6.45, 7) is 3.89. The van der Waals surface area contributed by atoms with Gasteiger partial charge in [-0.2, -0.15) is 0 Å². The van der Waals surface area contributed by atoms with Gasteiger partial charge in [-0.3, -0.25) is 9.69 Å². The summed E-state index contributed by atoms with van der Waals surface area (Å²) in [6, 6.07) is 20.5. The molecule has 0 atom stereocenters. The number of methoxy groups -OCH3 is 1. The van der Waals surface area contributed by atoms with Crippen molar-refractivity contribution in [2.45, 2.75) is 32.1 Å². The number of fused-ring (bicyclic) bond motifs is 1. The van der Waals surface area contributed by atoms with E-state index in [0.29, 0.717) is 24.2 Å². The average molecular weight is 484 g/mol. The fourth-order valence-electron chi connectivity index (χ4n) is 5.26. The molecule has 36 heavy (non-hydrogen) atoms. The van der Waals surface area contributed by atoms with Crippen LogP contribution < -0.4 is 9.47 Å². The second kappa shape index (κ2) is 11.0. The third kappa shape index (κ3) is 5.31. The number of ether oxygens (including phenoxy) is 2. The van der Waals surface area contributed by atoms with Gasteiger partial charge in [-0.15, -0.1) is 0 Å². The number of phenols is 1. The molecule has 1 fully saturated rings. The fraction of sp³-hybridized carbons (Fsp3) is 0.323. The molecular formula is C31H33NO4. The Morgan fingerprint density at radius 1 is 0.917 bits per heavy atom.